The van der Waals surface area contributed by atoms with Gasteiger partial charge in [0, 0.05) is 25.3 Å². The molecule has 0 radical (unpaired) electrons. The number of nitrogen functional groups attached to an aromatic ring is 1. The molecule has 0 aliphatic carbocycles. The number of amides is 1. The van der Waals surface area contributed by atoms with E-state index >= 15 is 0 Å². The van der Waals surface area contributed by atoms with E-state index < -0.39 is 0 Å². The summed E-state index contributed by atoms with van der Waals surface area (Å²) in [7, 11) is 0. The Labute approximate surface area is 118 Å². The molecule has 1 amide bonds. The minimum atomic E-state index is 0.0110. The Morgan fingerprint density at radius 1 is 1.47 bits per heavy atom. The van der Waals surface area contributed by atoms with Gasteiger partial charge in [-0.05, 0) is 38.0 Å². The molecule has 1 fully saturated rings. The van der Waals surface area contributed by atoms with Gasteiger partial charge in [0.05, 0.1) is 16.8 Å². The highest BCUT2D eigenvalue weighted by Crippen LogP contribution is 2.22. The van der Waals surface area contributed by atoms with E-state index in [4.69, 9.17) is 22.1 Å². The van der Waals surface area contributed by atoms with Crippen LogP contribution in [-0.2, 0) is 4.74 Å². The fraction of sp³-hybridized carbons (Fsp3) is 0.500. The number of carbonyl (C=O) groups is 1. The summed E-state index contributed by atoms with van der Waals surface area (Å²) in [5, 5.41) is 0.426. The number of halogens is 1. The maximum absolute atomic E-state index is 12.3. The molecule has 1 aromatic carbocycles. The van der Waals surface area contributed by atoms with Gasteiger partial charge < -0.3 is 15.4 Å². The van der Waals surface area contributed by atoms with E-state index in [1.54, 1.807) is 18.2 Å². The van der Waals surface area contributed by atoms with E-state index in [-0.39, 0.29) is 12.0 Å². The number of benzene rings is 1. The lowest BCUT2D eigenvalue weighted by molar-refractivity contribution is 0.0146. The fourth-order valence-corrected chi connectivity index (χ4v) is 2.48. The number of carbonyl (C=O) groups excluding carboxylic acids is 1. The Kier molecular flexibility index (Phi) is 4.66. The third-order valence-electron chi connectivity index (χ3n) is 3.38. The molecule has 1 saturated heterocycles. The van der Waals surface area contributed by atoms with Crippen molar-refractivity contribution < 1.29 is 9.53 Å². The number of rotatable bonds is 3. The zero-order valence-corrected chi connectivity index (χ0v) is 11.8. The maximum Gasteiger partial charge on any atom is 0.253 e. The molecular formula is C14H19ClN2O2. The van der Waals surface area contributed by atoms with E-state index in [2.05, 4.69) is 0 Å². The lowest BCUT2D eigenvalue weighted by Gasteiger charge is -2.31. The lowest BCUT2D eigenvalue weighted by atomic mass is 10.1. The number of anilines is 1. The molecule has 0 bridgehead atoms. The van der Waals surface area contributed by atoms with E-state index in [0.29, 0.717) is 16.3 Å². The Morgan fingerprint density at radius 3 is 2.74 bits per heavy atom. The molecule has 0 saturated carbocycles. The van der Waals surface area contributed by atoms with Crippen molar-refractivity contribution in [1.29, 1.82) is 0 Å². The molecule has 0 spiro atoms. The van der Waals surface area contributed by atoms with Gasteiger partial charge in [-0.3, -0.25) is 4.79 Å². The molecule has 0 atom stereocenters. The fourth-order valence-electron chi connectivity index (χ4n) is 2.30. The van der Waals surface area contributed by atoms with Gasteiger partial charge in [0.25, 0.3) is 5.91 Å². The molecule has 4 nitrogen and oxygen atoms in total. The Morgan fingerprint density at radius 2 is 2.16 bits per heavy atom. The maximum atomic E-state index is 12.3. The van der Waals surface area contributed by atoms with Crippen LogP contribution >= 0.6 is 11.6 Å². The van der Waals surface area contributed by atoms with Crippen LogP contribution in [-0.4, -0.2) is 36.6 Å². The number of hydrogen-bond donors (Lipinski definition) is 1. The van der Waals surface area contributed by atoms with Crippen molar-refractivity contribution in [2.75, 3.05) is 25.4 Å². The lowest BCUT2D eigenvalue weighted by Crippen LogP contribution is -2.40. The largest absolute Gasteiger partial charge is 0.398 e. The van der Waals surface area contributed by atoms with Crippen LogP contribution in [0.4, 0.5) is 5.69 Å². The first-order valence-corrected chi connectivity index (χ1v) is 6.95. The zero-order valence-electron chi connectivity index (χ0n) is 11.1. The van der Waals surface area contributed by atoms with Crippen molar-refractivity contribution >= 4 is 23.2 Å². The van der Waals surface area contributed by atoms with Crippen LogP contribution in [0.25, 0.3) is 0 Å². The van der Waals surface area contributed by atoms with Crippen molar-refractivity contribution in [3.8, 4) is 0 Å². The van der Waals surface area contributed by atoms with Gasteiger partial charge in [0.15, 0.2) is 0 Å². The summed E-state index contributed by atoms with van der Waals surface area (Å²) in [6.45, 7) is 4.18. The Balaban J connectivity index is 1.99. The predicted molar refractivity (Wildman–Crippen MR) is 76.4 cm³/mol. The molecule has 2 N–H and O–H groups in total. The number of ether oxygens (including phenoxy) is 1. The monoisotopic (exact) mass is 282 g/mol. The van der Waals surface area contributed by atoms with Crippen molar-refractivity contribution in [2.45, 2.75) is 25.9 Å². The number of likely N-dealkylation sites (tertiary alicyclic amines) is 1. The van der Waals surface area contributed by atoms with Crippen molar-refractivity contribution in [3.63, 3.8) is 0 Å². The Hall–Kier alpha value is -1.26. The highest BCUT2D eigenvalue weighted by Gasteiger charge is 2.23. The molecule has 1 aliphatic heterocycles. The molecular weight excluding hydrogens is 264 g/mol. The zero-order chi connectivity index (χ0) is 13.8. The van der Waals surface area contributed by atoms with Gasteiger partial charge in [-0.25, -0.2) is 0 Å². The van der Waals surface area contributed by atoms with E-state index in [1.165, 1.54) is 0 Å². The summed E-state index contributed by atoms with van der Waals surface area (Å²) in [5.74, 6) is 0.0110. The first kappa shape index (κ1) is 14.2. The van der Waals surface area contributed by atoms with Crippen LogP contribution in [0.5, 0.6) is 0 Å². The normalized spacial score (nSPS) is 16.6. The SMILES string of the molecule is CCOC1CCN(C(=O)c2ccc(N)c(Cl)c2)CC1. The second-order valence-corrected chi connectivity index (χ2v) is 5.09. The average molecular weight is 283 g/mol. The van der Waals surface area contributed by atoms with Crippen molar-refractivity contribution in [1.82, 2.24) is 4.90 Å². The summed E-state index contributed by atoms with van der Waals surface area (Å²) >= 11 is 5.95. The minimum Gasteiger partial charge on any atom is -0.398 e. The van der Waals surface area contributed by atoms with Gasteiger partial charge >= 0.3 is 0 Å². The van der Waals surface area contributed by atoms with Gasteiger partial charge in [-0.15, -0.1) is 0 Å². The van der Waals surface area contributed by atoms with Crippen LogP contribution in [0.15, 0.2) is 18.2 Å². The summed E-state index contributed by atoms with van der Waals surface area (Å²) in [4.78, 5) is 14.2. The second kappa shape index (κ2) is 6.26. The summed E-state index contributed by atoms with van der Waals surface area (Å²) in [5.41, 5.74) is 6.73. The van der Waals surface area contributed by atoms with Crippen molar-refractivity contribution in [3.05, 3.63) is 28.8 Å². The van der Waals surface area contributed by atoms with E-state index in [0.717, 1.165) is 32.5 Å². The molecule has 1 heterocycles. The smallest absolute Gasteiger partial charge is 0.253 e. The number of nitrogens with two attached hydrogens (primary N) is 1. The quantitative estimate of drug-likeness (QED) is 0.867. The number of hydrogen-bond acceptors (Lipinski definition) is 3. The first-order valence-electron chi connectivity index (χ1n) is 6.57. The highest BCUT2D eigenvalue weighted by atomic mass is 35.5. The summed E-state index contributed by atoms with van der Waals surface area (Å²) in [6.07, 6.45) is 2.06. The van der Waals surface area contributed by atoms with Crippen molar-refractivity contribution in [2.24, 2.45) is 0 Å². The third-order valence-corrected chi connectivity index (χ3v) is 3.71. The number of piperidine rings is 1. The minimum absolute atomic E-state index is 0.0110. The van der Waals surface area contributed by atoms with Gasteiger partial charge in [0.1, 0.15) is 0 Å². The van der Waals surface area contributed by atoms with Crippen LogP contribution in [0, 0.1) is 0 Å². The topological polar surface area (TPSA) is 55.6 Å². The first-order chi connectivity index (χ1) is 9.11. The van der Waals surface area contributed by atoms with E-state index in [1.807, 2.05) is 11.8 Å². The van der Waals surface area contributed by atoms with Crippen LogP contribution in [0.1, 0.15) is 30.1 Å². The van der Waals surface area contributed by atoms with Crippen LogP contribution in [0.3, 0.4) is 0 Å². The highest BCUT2D eigenvalue weighted by molar-refractivity contribution is 6.33. The van der Waals surface area contributed by atoms with Gasteiger partial charge in [0.2, 0.25) is 0 Å². The molecule has 0 unspecified atom stereocenters. The molecule has 1 aromatic rings. The molecule has 1 aliphatic rings. The van der Waals surface area contributed by atoms with Crippen LogP contribution in [0.2, 0.25) is 5.02 Å². The van der Waals surface area contributed by atoms with Gasteiger partial charge in [-0.1, -0.05) is 11.6 Å². The van der Waals surface area contributed by atoms with Gasteiger partial charge in [-0.2, -0.15) is 0 Å². The summed E-state index contributed by atoms with van der Waals surface area (Å²) < 4.78 is 5.58. The summed E-state index contributed by atoms with van der Waals surface area (Å²) in [6, 6.07) is 5.02. The average Bonchev–Trinajstić information content (AvgIpc) is 2.42. The second-order valence-electron chi connectivity index (χ2n) is 4.68. The standard InChI is InChI=1S/C14H19ClN2O2/c1-2-19-11-5-7-17(8-6-11)14(18)10-3-4-13(16)12(15)9-10/h3-4,9,11H,2,5-8,16H2,1H3. The predicted octanol–water partition coefficient (Wildman–Crippen LogP) is 2.56. The molecule has 0 aromatic heterocycles. The number of nitrogens with zero attached hydrogens (tertiary/aromatic N) is 1. The molecule has 19 heavy (non-hydrogen) atoms. The molecule has 5 heteroatoms. The molecule has 2 rings (SSSR count). The third kappa shape index (κ3) is 3.39. The van der Waals surface area contributed by atoms with E-state index in [9.17, 15) is 4.79 Å². The molecule has 104 valence electrons. The van der Waals surface area contributed by atoms with Crippen LogP contribution < -0.4 is 5.73 Å². The Bertz CT molecular complexity index is 457.